The summed E-state index contributed by atoms with van der Waals surface area (Å²) in [5.74, 6) is -0.279. The summed E-state index contributed by atoms with van der Waals surface area (Å²) in [4.78, 5) is 11.9. The number of benzene rings is 2. The second-order valence-corrected chi connectivity index (χ2v) is 7.13. The Balaban J connectivity index is 1.62. The fraction of sp³-hybridized carbons (Fsp3) is 0.188. The van der Waals surface area contributed by atoms with Crippen LogP contribution in [0.3, 0.4) is 0 Å². The SMILES string of the molecule is Cc1ccccc1NC(=O)CCNS(=O)(=O)c1cccc2nonc12. The number of fused-ring (bicyclic) bond motifs is 1. The first kappa shape index (κ1) is 17.1. The lowest BCUT2D eigenvalue weighted by Gasteiger charge is -2.09. The van der Waals surface area contributed by atoms with Crippen molar-refractivity contribution >= 4 is 32.7 Å². The normalized spacial score (nSPS) is 11.6. The van der Waals surface area contributed by atoms with Crippen LogP contribution in [0.1, 0.15) is 12.0 Å². The predicted octanol–water partition coefficient (Wildman–Crippen LogP) is 1.84. The number of nitrogens with one attached hydrogen (secondary N) is 2. The van der Waals surface area contributed by atoms with Gasteiger partial charge < -0.3 is 5.32 Å². The van der Waals surface area contributed by atoms with E-state index in [1.807, 2.05) is 25.1 Å². The molecule has 0 radical (unpaired) electrons. The highest BCUT2D eigenvalue weighted by Crippen LogP contribution is 2.19. The molecule has 0 aliphatic heterocycles. The molecule has 0 aliphatic rings. The van der Waals surface area contributed by atoms with Crippen molar-refractivity contribution in [3.8, 4) is 0 Å². The van der Waals surface area contributed by atoms with E-state index in [9.17, 15) is 13.2 Å². The highest BCUT2D eigenvalue weighted by atomic mass is 32.2. The number of sulfonamides is 1. The van der Waals surface area contributed by atoms with E-state index in [2.05, 4.69) is 25.0 Å². The first-order valence-corrected chi connectivity index (χ1v) is 9.02. The summed E-state index contributed by atoms with van der Waals surface area (Å²) in [6, 6.07) is 11.9. The Morgan fingerprint density at radius 2 is 1.92 bits per heavy atom. The average Bonchev–Trinajstić information content (AvgIpc) is 3.05. The monoisotopic (exact) mass is 360 g/mol. The largest absolute Gasteiger partial charge is 0.326 e. The molecule has 1 heterocycles. The van der Waals surface area contributed by atoms with Gasteiger partial charge in [0.15, 0.2) is 5.52 Å². The molecule has 2 aromatic carbocycles. The van der Waals surface area contributed by atoms with E-state index < -0.39 is 10.0 Å². The van der Waals surface area contributed by atoms with Gasteiger partial charge in [0.2, 0.25) is 15.9 Å². The molecule has 0 saturated heterocycles. The first-order chi connectivity index (χ1) is 12.0. The number of aryl methyl sites for hydroxylation is 1. The van der Waals surface area contributed by atoms with Gasteiger partial charge in [-0.2, -0.15) is 0 Å². The zero-order valence-electron chi connectivity index (χ0n) is 13.4. The Labute approximate surface area is 144 Å². The van der Waals surface area contributed by atoms with Gasteiger partial charge in [-0.1, -0.05) is 24.3 Å². The maximum Gasteiger partial charge on any atom is 0.242 e. The molecule has 0 bridgehead atoms. The molecule has 0 unspecified atom stereocenters. The summed E-state index contributed by atoms with van der Waals surface area (Å²) >= 11 is 0. The zero-order chi connectivity index (χ0) is 17.9. The van der Waals surface area contributed by atoms with Gasteiger partial charge in [-0.05, 0) is 41.0 Å². The van der Waals surface area contributed by atoms with Crippen LogP contribution in [-0.2, 0) is 14.8 Å². The average molecular weight is 360 g/mol. The van der Waals surface area contributed by atoms with Crippen LogP contribution in [0.15, 0.2) is 52.0 Å². The van der Waals surface area contributed by atoms with E-state index in [0.717, 1.165) is 5.56 Å². The maximum atomic E-state index is 12.4. The minimum Gasteiger partial charge on any atom is -0.326 e. The van der Waals surface area contributed by atoms with Crippen molar-refractivity contribution in [1.82, 2.24) is 15.0 Å². The van der Waals surface area contributed by atoms with E-state index in [-0.39, 0.29) is 29.3 Å². The van der Waals surface area contributed by atoms with Crippen LogP contribution >= 0.6 is 0 Å². The topological polar surface area (TPSA) is 114 Å². The Hall–Kier alpha value is -2.78. The number of aromatic nitrogens is 2. The fourth-order valence-corrected chi connectivity index (χ4v) is 3.48. The van der Waals surface area contributed by atoms with Gasteiger partial charge in [0.05, 0.1) is 0 Å². The highest BCUT2D eigenvalue weighted by Gasteiger charge is 2.20. The smallest absolute Gasteiger partial charge is 0.242 e. The van der Waals surface area contributed by atoms with E-state index in [0.29, 0.717) is 11.2 Å². The third-order valence-electron chi connectivity index (χ3n) is 3.60. The molecule has 9 heteroatoms. The zero-order valence-corrected chi connectivity index (χ0v) is 14.2. The van der Waals surface area contributed by atoms with Crippen LogP contribution in [-0.4, -0.2) is 31.2 Å². The Bertz CT molecular complexity index is 1010. The molecule has 0 atom stereocenters. The van der Waals surface area contributed by atoms with Crippen LogP contribution in [0, 0.1) is 6.92 Å². The third kappa shape index (κ3) is 3.83. The summed E-state index contributed by atoms with van der Waals surface area (Å²) < 4.78 is 31.7. The van der Waals surface area contributed by atoms with Gasteiger partial charge in [0.25, 0.3) is 0 Å². The van der Waals surface area contributed by atoms with E-state index >= 15 is 0 Å². The summed E-state index contributed by atoms with van der Waals surface area (Å²) in [7, 11) is -3.83. The molecule has 0 aliphatic carbocycles. The second-order valence-electron chi connectivity index (χ2n) is 5.40. The number of anilines is 1. The number of rotatable bonds is 6. The van der Waals surface area contributed by atoms with Gasteiger partial charge in [0, 0.05) is 18.7 Å². The van der Waals surface area contributed by atoms with Gasteiger partial charge in [0.1, 0.15) is 10.4 Å². The highest BCUT2D eigenvalue weighted by molar-refractivity contribution is 7.89. The molecule has 1 aromatic heterocycles. The molecule has 0 fully saturated rings. The number of amides is 1. The molecule has 2 N–H and O–H groups in total. The summed E-state index contributed by atoms with van der Waals surface area (Å²) in [6.45, 7) is 1.84. The fourth-order valence-electron chi connectivity index (χ4n) is 2.30. The lowest BCUT2D eigenvalue weighted by Crippen LogP contribution is -2.28. The quantitative estimate of drug-likeness (QED) is 0.693. The van der Waals surface area contributed by atoms with Crippen molar-refractivity contribution < 1.29 is 17.8 Å². The molecular weight excluding hydrogens is 344 g/mol. The van der Waals surface area contributed by atoms with Crippen molar-refractivity contribution in [3.63, 3.8) is 0 Å². The molecule has 130 valence electrons. The second kappa shape index (κ2) is 6.99. The van der Waals surface area contributed by atoms with Crippen LogP contribution in [0.2, 0.25) is 0 Å². The van der Waals surface area contributed by atoms with Gasteiger partial charge in [-0.15, -0.1) is 0 Å². The van der Waals surface area contributed by atoms with Crippen molar-refractivity contribution in [1.29, 1.82) is 0 Å². The Morgan fingerprint density at radius 3 is 2.72 bits per heavy atom. The van der Waals surface area contributed by atoms with Crippen molar-refractivity contribution in [2.75, 3.05) is 11.9 Å². The van der Waals surface area contributed by atoms with Crippen molar-refractivity contribution in [2.24, 2.45) is 0 Å². The standard InChI is InChI=1S/C16H16N4O4S/c1-11-5-2-3-6-12(11)18-15(21)9-10-17-25(22,23)14-8-4-7-13-16(14)20-24-19-13/h2-8,17H,9-10H2,1H3,(H,18,21). The minimum atomic E-state index is -3.83. The Morgan fingerprint density at radius 1 is 1.12 bits per heavy atom. The minimum absolute atomic E-state index is 0.000601. The molecule has 8 nitrogen and oxygen atoms in total. The molecule has 25 heavy (non-hydrogen) atoms. The number of hydrogen-bond donors (Lipinski definition) is 2. The van der Waals surface area contributed by atoms with Gasteiger partial charge >= 0.3 is 0 Å². The molecule has 0 spiro atoms. The number of carbonyl (C=O) groups excluding carboxylic acids is 1. The first-order valence-electron chi connectivity index (χ1n) is 7.54. The third-order valence-corrected chi connectivity index (χ3v) is 5.09. The molecule has 0 saturated carbocycles. The summed E-state index contributed by atoms with van der Waals surface area (Å²) in [5.41, 5.74) is 2.13. The van der Waals surface area contributed by atoms with E-state index in [1.54, 1.807) is 18.2 Å². The summed E-state index contributed by atoms with van der Waals surface area (Å²) in [5, 5.41) is 9.97. The molecule has 1 amide bonds. The van der Waals surface area contributed by atoms with Crippen LogP contribution in [0.4, 0.5) is 5.69 Å². The van der Waals surface area contributed by atoms with E-state index in [4.69, 9.17) is 0 Å². The molecule has 3 rings (SSSR count). The van der Waals surface area contributed by atoms with Gasteiger partial charge in [-0.25, -0.2) is 17.8 Å². The number of para-hydroxylation sites is 1. The van der Waals surface area contributed by atoms with Crippen LogP contribution in [0.25, 0.3) is 11.0 Å². The predicted molar refractivity (Wildman–Crippen MR) is 91.4 cm³/mol. The molecule has 3 aromatic rings. The van der Waals surface area contributed by atoms with Crippen LogP contribution < -0.4 is 10.0 Å². The summed E-state index contributed by atoms with van der Waals surface area (Å²) in [6.07, 6.45) is 0.000601. The Kier molecular flexibility index (Phi) is 4.77. The number of carbonyl (C=O) groups is 1. The van der Waals surface area contributed by atoms with Gasteiger partial charge in [-0.3, -0.25) is 4.79 Å². The number of nitrogens with zero attached hydrogens (tertiary/aromatic N) is 2. The van der Waals surface area contributed by atoms with E-state index in [1.165, 1.54) is 6.07 Å². The van der Waals surface area contributed by atoms with Crippen LogP contribution in [0.5, 0.6) is 0 Å². The number of hydrogen-bond acceptors (Lipinski definition) is 6. The molecular formula is C16H16N4O4S. The maximum absolute atomic E-state index is 12.4. The lowest BCUT2D eigenvalue weighted by atomic mass is 10.2. The van der Waals surface area contributed by atoms with Crippen molar-refractivity contribution in [3.05, 3.63) is 48.0 Å². The van der Waals surface area contributed by atoms with Crippen molar-refractivity contribution in [2.45, 2.75) is 18.2 Å². The lowest BCUT2D eigenvalue weighted by molar-refractivity contribution is -0.116.